The zero-order valence-electron chi connectivity index (χ0n) is 18.6. The minimum atomic E-state index is -0.534. The minimum absolute atomic E-state index is 0.00697. The number of ether oxygens (including phenoxy) is 1. The van der Waals surface area contributed by atoms with Crippen molar-refractivity contribution in [3.8, 4) is 5.75 Å². The fourth-order valence-electron chi connectivity index (χ4n) is 3.23. The number of thioether (sulfide) groups is 1. The summed E-state index contributed by atoms with van der Waals surface area (Å²) in [5.41, 5.74) is 1.98. The zero-order valence-corrected chi connectivity index (χ0v) is 20.1. The predicted octanol–water partition coefficient (Wildman–Crippen LogP) is 4.91. The maximum atomic E-state index is 13.2. The van der Waals surface area contributed by atoms with Crippen molar-refractivity contribution in [3.05, 3.63) is 64.7 Å². The molecule has 2 amide bonds. The smallest absolute Gasteiger partial charge is 0.243 e. The summed E-state index contributed by atoms with van der Waals surface area (Å²) in [5, 5.41) is 3.63. The lowest BCUT2D eigenvalue weighted by atomic mass is 10.1. The molecule has 1 atom stereocenters. The Labute approximate surface area is 194 Å². The average molecular weight is 463 g/mol. The number of nitrogens with zero attached hydrogens (tertiary/aromatic N) is 1. The molecule has 0 aliphatic rings. The lowest BCUT2D eigenvalue weighted by Gasteiger charge is -2.31. The summed E-state index contributed by atoms with van der Waals surface area (Å²) in [7, 11) is 1.61. The number of hydrogen-bond donors (Lipinski definition) is 1. The number of rotatable bonds is 11. The topological polar surface area (TPSA) is 58.6 Å². The van der Waals surface area contributed by atoms with Crippen LogP contribution in [-0.4, -0.2) is 41.7 Å². The van der Waals surface area contributed by atoms with Gasteiger partial charge in [0.2, 0.25) is 11.8 Å². The molecule has 2 aromatic carbocycles. The quantitative estimate of drug-likeness (QED) is 0.515. The van der Waals surface area contributed by atoms with Gasteiger partial charge >= 0.3 is 0 Å². The SMILES string of the molecule is CCC(C(=O)NC(C)C)N(Cc1cccc(OC)c1)C(=O)CSCc1cccc(Cl)c1. The molecule has 31 heavy (non-hydrogen) atoms. The number of methoxy groups -OCH3 is 1. The van der Waals surface area contributed by atoms with Crippen LogP contribution in [0.2, 0.25) is 5.02 Å². The van der Waals surface area contributed by atoms with E-state index < -0.39 is 6.04 Å². The number of halogens is 1. The second kappa shape index (κ2) is 12.6. The zero-order chi connectivity index (χ0) is 22.8. The molecule has 2 rings (SSSR count). The van der Waals surface area contributed by atoms with E-state index in [0.29, 0.717) is 23.7 Å². The maximum Gasteiger partial charge on any atom is 0.243 e. The van der Waals surface area contributed by atoms with E-state index in [2.05, 4.69) is 5.32 Å². The van der Waals surface area contributed by atoms with Gasteiger partial charge in [-0.1, -0.05) is 42.8 Å². The van der Waals surface area contributed by atoms with E-state index in [4.69, 9.17) is 16.3 Å². The van der Waals surface area contributed by atoms with Gasteiger partial charge in [-0.2, -0.15) is 0 Å². The van der Waals surface area contributed by atoms with Crippen molar-refractivity contribution in [2.75, 3.05) is 12.9 Å². The van der Waals surface area contributed by atoms with Gasteiger partial charge in [0.1, 0.15) is 11.8 Å². The first-order chi connectivity index (χ1) is 14.8. The van der Waals surface area contributed by atoms with Gasteiger partial charge in [0.05, 0.1) is 12.9 Å². The summed E-state index contributed by atoms with van der Waals surface area (Å²) in [6.07, 6.45) is 0.535. The summed E-state index contributed by atoms with van der Waals surface area (Å²) >= 11 is 7.57. The van der Waals surface area contributed by atoms with E-state index in [0.717, 1.165) is 16.9 Å². The van der Waals surface area contributed by atoms with Crippen molar-refractivity contribution < 1.29 is 14.3 Å². The van der Waals surface area contributed by atoms with Gasteiger partial charge in [-0.15, -0.1) is 11.8 Å². The first kappa shape index (κ1) is 25.1. The summed E-state index contributed by atoms with van der Waals surface area (Å²) in [6.45, 7) is 6.10. The molecule has 0 saturated carbocycles. The molecule has 0 spiro atoms. The second-order valence-electron chi connectivity index (χ2n) is 7.58. The Bertz CT molecular complexity index is 875. The van der Waals surface area contributed by atoms with Crippen molar-refractivity contribution in [1.29, 1.82) is 0 Å². The third-order valence-electron chi connectivity index (χ3n) is 4.69. The molecule has 0 saturated heterocycles. The number of amides is 2. The van der Waals surface area contributed by atoms with Crippen LogP contribution in [0.4, 0.5) is 0 Å². The number of benzene rings is 2. The van der Waals surface area contributed by atoms with E-state index >= 15 is 0 Å². The maximum absolute atomic E-state index is 13.2. The van der Waals surface area contributed by atoms with Crippen LogP contribution >= 0.6 is 23.4 Å². The fraction of sp³-hybridized carbons (Fsp3) is 0.417. The van der Waals surface area contributed by atoms with Crippen LogP contribution in [0.15, 0.2) is 48.5 Å². The number of hydrogen-bond acceptors (Lipinski definition) is 4. The Morgan fingerprint density at radius 3 is 2.48 bits per heavy atom. The Hall–Kier alpha value is -2.18. The fourth-order valence-corrected chi connectivity index (χ4v) is 4.30. The highest BCUT2D eigenvalue weighted by Gasteiger charge is 2.28. The van der Waals surface area contributed by atoms with Crippen LogP contribution in [0.25, 0.3) is 0 Å². The largest absolute Gasteiger partial charge is 0.497 e. The minimum Gasteiger partial charge on any atom is -0.497 e. The van der Waals surface area contributed by atoms with Gasteiger partial charge in [0.25, 0.3) is 0 Å². The van der Waals surface area contributed by atoms with E-state index in [9.17, 15) is 9.59 Å². The first-order valence-corrected chi connectivity index (χ1v) is 11.9. The van der Waals surface area contributed by atoms with Gasteiger partial charge in [-0.3, -0.25) is 9.59 Å². The molecular weight excluding hydrogens is 432 g/mol. The van der Waals surface area contributed by atoms with Crippen molar-refractivity contribution in [3.63, 3.8) is 0 Å². The molecule has 0 aliphatic carbocycles. The number of nitrogens with one attached hydrogen (secondary N) is 1. The number of carbonyl (C=O) groups excluding carboxylic acids is 2. The summed E-state index contributed by atoms with van der Waals surface area (Å²) in [5.74, 6) is 1.48. The molecular formula is C24H31ClN2O3S. The Morgan fingerprint density at radius 1 is 1.13 bits per heavy atom. The van der Waals surface area contributed by atoms with Crippen LogP contribution in [0.5, 0.6) is 5.75 Å². The molecule has 0 bridgehead atoms. The second-order valence-corrected chi connectivity index (χ2v) is 9.01. The lowest BCUT2D eigenvalue weighted by Crippen LogP contribution is -2.50. The van der Waals surface area contributed by atoms with Crippen LogP contribution in [0, 0.1) is 0 Å². The summed E-state index contributed by atoms with van der Waals surface area (Å²) < 4.78 is 5.31. The monoisotopic (exact) mass is 462 g/mol. The molecule has 0 aliphatic heterocycles. The van der Waals surface area contributed by atoms with Crippen molar-refractivity contribution >= 4 is 35.2 Å². The van der Waals surface area contributed by atoms with Gasteiger partial charge in [0.15, 0.2) is 0 Å². The molecule has 0 heterocycles. The molecule has 1 N–H and O–H groups in total. The highest BCUT2D eigenvalue weighted by Crippen LogP contribution is 2.20. The first-order valence-electron chi connectivity index (χ1n) is 10.4. The molecule has 0 aromatic heterocycles. The third kappa shape index (κ3) is 8.11. The molecule has 2 aromatic rings. The van der Waals surface area contributed by atoms with E-state index in [1.807, 2.05) is 69.3 Å². The van der Waals surface area contributed by atoms with Crippen LogP contribution in [0.1, 0.15) is 38.3 Å². The van der Waals surface area contributed by atoms with Crippen LogP contribution in [0.3, 0.4) is 0 Å². The summed E-state index contributed by atoms with van der Waals surface area (Å²) in [6, 6.07) is 14.7. The lowest BCUT2D eigenvalue weighted by molar-refractivity contribution is -0.139. The Morgan fingerprint density at radius 2 is 1.84 bits per heavy atom. The number of carbonyl (C=O) groups is 2. The predicted molar refractivity (Wildman–Crippen MR) is 129 cm³/mol. The Balaban J connectivity index is 2.15. The standard InChI is InChI=1S/C24H31ClN2O3S/c1-5-22(24(29)26-17(2)3)27(14-18-8-7-11-21(13-18)30-4)23(28)16-31-15-19-9-6-10-20(25)12-19/h6-13,17,22H,5,14-16H2,1-4H3,(H,26,29). The highest BCUT2D eigenvalue weighted by molar-refractivity contribution is 7.99. The van der Waals surface area contributed by atoms with Crippen molar-refractivity contribution in [2.45, 2.75) is 51.6 Å². The highest BCUT2D eigenvalue weighted by atomic mass is 35.5. The molecule has 0 radical (unpaired) electrons. The van der Waals surface area contributed by atoms with Gasteiger partial charge in [-0.25, -0.2) is 0 Å². The van der Waals surface area contributed by atoms with Gasteiger partial charge < -0.3 is 15.0 Å². The molecule has 5 nitrogen and oxygen atoms in total. The van der Waals surface area contributed by atoms with Crippen LogP contribution < -0.4 is 10.1 Å². The van der Waals surface area contributed by atoms with Crippen molar-refractivity contribution in [1.82, 2.24) is 10.2 Å². The van der Waals surface area contributed by atoms with Crippen LogP contribution in [-0.2, 0) is 21.9 Å². The van der Waals surface area contributed by atoms with Crippen molar-refractivity contribution in [2.24, 2.45) is 0 Å². The normalized spacial score (nSPS) is 11.8. The third-order valence-corrected chi connectivity index (χ3v) is 5.91. The average Bonchev–Trinajstić information content (AvgIpc) is 2.73. The molecule has 0 fully saturated rings. The molecule has 1 unspecified atom stereocenters. The van der Waals surface area contributed by atoms with E-state index in [1.165, 1.54) is 11.8 Å². The molecule has 168 valence electrons. The van der Waals surface area contributed by atoms with E-state index in [-0.39, 0.29) is 23.6 Å². The Kier molecular flexibility index (Phi) is 10.2. The van der Waals surface area contributed by atoms with Gasteiger partial charge in [-0.05, 0) is 55.7 Å². The van der Waals surface area contributed by atoms with E-state index in [1.54, 1.807) is 12.0 Å². The molecule has 7 heteroatoms. The van der Waals surface area contributed by atoms with Gasteiger partial charge in [0, 0.05) is 23.4 Å². The summed E-state index contributed by atoms with van der Waals surface area (Å²) in [4.78, 5) is 27.7.